The van der Waals surface area contributed by atoms with E-state index in [4.69, 9.17) is 0 Å². The molecule has 1 N–H and O–H groups in total. The maximum absolute atomic E-state index is 12.2. The summed E-state index contributed by atoms with van der Waals surface area (Å²) in [6.07, 6.45) is 6.87. The third-order valence-electron chi connectivity index (χ3n) is 3.27. The van der Waals surface area contributed by atoms with Crippen molar-refractivity contribution in [2.45, 2.75) is 32.1 Å². The molecule has 6 heteroatoms. The first-order chi connectivity index (χ1) is 9.26. The zero-order valence-corrected chi connectivity index (χ0v) is 13.5. The van der Waals surface area contributed by atoms with Crippen LogP contribution in [0.2, 0.25) is 0 Å². The highest BCUT2D eigenvalue weighted by molar-refractivity contribution is 7.16. The fourth-order valence-electron chi connectivity index (χ4n) is 2.24. The molecule has 20 heavy (non-hydrogen) atoms. The molecule has 112 valence electrons. The lowest BCUT2D eigenvalue weighted by atomic mass is 10.0. The average molecular weight is 316 g/mol. The van der Waals surface area contributed by atoms with Gasteiger partial charge in [0.15, 0.2) is 5.13 Å². The smallest absolute Gasteiger partial charge is 0.230 e. The number of rotatable bonds is 6. The lowest BCUT2D eigenvalue weighted by molar-refractivity contribution is -0.118. The van der Waals surface area contributed by atoms with Gasteiger partial charge in [-0.15, -0.1) is 30.3 Å². The van der Waals surface area contributed by atoms with E-state index < -0.39 is 0 Å². The summed E-state index contributed by atoms with van der Waals surface area (Å²) in [4.78, 5) is 20.0. The molecule has 1 aliphatic rings. The van der Waals surface area contributed by atoms with E-state index in [1.54, 1.807) is 22.3 Å². The number of aromatic nitrogens is 1. The first kappa shape index (κ1) is 17.1. The Kier molecular flexibility index (Phi) is 7.19. The molecule has 4 nitrogen and oxygen atoms in total. The van der Waals surface area contributed by atoms with Crippen molar-refractivity contribution < 1.29 is 4.79 Å². The van der Waals surface area contributed by atoms with Crippen LogP contribution in [0, 0.1) is 0 Å². The second-order valence-corrected chi connectivity index (χ2v) is 5.78. The van der Waals surface area contributed by atoms with Gasteiger partial charge in [-0.1, -0.05) is 6.08 Å². The van der Waals surface area contributed by atoms with Gasteiger partial charge in [-0.25, -0.2) is 4.98 Å². The Morgan fingerprint density at radius 2 is 2.25 bits per heavy atom. The van der Waals surface area contributed by atoms with Crippen molar-refractivity contribution in [2.75, 3.05) is 25.0 Å². The molecule has 1 aromatic rings. The first-order valence-electron chi connectivity index (χ1n) is 6.80. The molecule has 1 amide bonds. The van der Waals surface area contributed by atoms with E-state index in [9.17, 15) is 4.79 Å². The number of aryl methyl sites for hydroxylation is 2. The second kappa shape index (κ2) is 8.39. The lowest BCUT2D eigenvalue weighted by Crippen LogP contribution is -2.32. The minimum Gasteiger partial charge on any atom is -0.319 e. The highest BCUT2D eigenvalue weighted by Gasteiger charge is 2.21. The molecule has 1 aliphatic carbocycles. The van der Waals surface area contributed by atoms with Crippen LogP contribution < -0.4 is 10.2 Å². The SMILES string of the molecule is C=CCN(C(=O)CCNC)c1nc2c(s1)CCCC2.Cl. The maximum Gasteiger partial charge on any atom is 0.230 e. The second-order valence-electron chi connectivity index (χ2n) is 4.72. The minimum absolute atomic E-state index is 0. The van der Waals surface area contributed by atoms with E-state index in [0.29, 0.717) is 19.5 Å². The number of hydrogen-bond donors (Lipinski definition) is 1. The Balaban J connectivity index is 0.00000200. The molecule has 0 aromatic carbocycles. The van der Waals surface area contributed by atoms with Gasteiger partial charge in [0.25, 0.3) is 0 Å². The molecular weight excluding hydrogens is 294 g/mol. The van der Waals surface area contributed by atoms with Crippen molar-refractivity contribution in [1.29, 1.82) is 0 Å². The predicted octanol–water partition coefficient (Wildman–Crippen LogP) is 2.57. The van der Waals surface area contributed by atoms with Gasteiger partial charge < -0.3 is 5.32 Å². The van der Waals surface area contributed by atoms with Gasteiger partial charge in [-0.05, 0) is 32.7 Å². The fraction of sp³-hybridized carbons (Fsp3) is 0.571. The van der Waals surface area contributed by atoms with Gasteiger partial charge in [0.05, 0.1) is 5.69 Å². The van der Waals surface area contributed by atoms with Gasteiger partial charge in [0.1, 0.15) is 0 Å². The highest BCUT2D eigenvalue weighted by Crippen LogP contribution is 2.32. The van der Waals surface area contributed by atoms with Crippen molar-refractivity contribution in [1.82, 2.24) is 10.3 Å². The van der Waals surface area contributed by atoms with Gasteiger partial charge in [0, 0.05) is 24.4 Å². The Labute approximate surface area is 130 Å². The molecule has 2 rings (SSSR count). The number of nitrogens with zero attached hydrogens (tertiary/aromatic N) is 2. The Bertz CT molecular complexity index is 438. The summed E-state index contributed by atoms with van der Waals surface area (Å²) in [7, 11) is 1.85. The van der Waals surface area contributed by atoms with Crippen molar-refractivity contribution in [2.24, 2.45) is 0 Å². The van der Waals surface area contributed by atoms with Gasteiger partial charge >= 0.3 is 0 Å². The largest absolute Gasteiger partial charge is 0.319 e. The molecule has 0 fully saturated rings. The molecule has 0 atom stereocenters. The number of fused-ring (bicyclic) bond motifs is 1. The van der Waals surface area contributed by atoms with Crippen molar-refractivity contribution in [3.63, 3.8) is 0 Å². The normalized spacial score (nSPS) is 13.2. The molecule has 0 radical (unpaired) electrons. The summed E-state index contributed by atoms with van der Waals surface area (Å²) >= 11 is 1.67. The fourth-order valence-corrected chi connectivity index (χ4v) is 3.41. The van der Waals surface area contributed by atoms with Crippen LogP contribution in [0.4, 0.5) is 5.13 Å². The molecule has 0 aliphatic heterocycles. The summed E-state index contributed by atoms with van der Waals surface area (Å²) < 4.78 is 0. The summed E-state index contributed by atoms with van der Waals surface area (Å²) in [6.45, 7) is 4.97. The predicted molar refractivity (Wildman–Crippen MR) is 87.1 cm³/mol. The number of nitrogens with one attached hydrogen (secondary N) is 1. The molecule has 1 heterocycles. The Morgan fingerprint density at radius 3 is 2.90 bits per heavy atom. The molecule has 0 bridgehead atoms. The zero-order valence-electron chi connectivity index (χ0n) is 11.9. The van der Waals surface area contributed by atoms with Crippen LogP contribution in [-0.4, -0.2) is 31.0 Å². The van der Waals surface area contributed by atoms with Gasteiger partial charge in [-0.3, -0.25) is 9.69 Å². The minimum atomic E-state index is 0. The van der Waals surface area contributed by atoms with Crippen LogP contribution in [0.5, 0.6) is 0 Å². The van der Waals surface area contributed by atoms with E-state index >= 15 is 0 Å². The van der Waals surface area contributed by atoms with Crippen molar-refractivity contribution in [3.05, 3.63) is 23.2 Å². The number of anilines is 1. The monoisotopic (exact) mass is 315 g/mol. The van der Waals surface area contributed by atoms with Gasteiger partial charge in [-0.2, -0.15) is 0 Å². The first-order valence-corrected chi connectivity index (χ1v) is 7.62. The summed E-state index contributed by atoms with van der Waals surface area (Å²) in [6, 6.07) is 0. The van der Waals surface area contributed by atoms with Crippen LogP contribution in [0.15, 0.2) is 12.7 Å². The van der Waals surface area contributed by atoms with Crippen LogP contribution in [0.25, 0.3) is 0 Å². The number of thiazole rings is 1. The van der Waals surface area contributed by atoms with Crippen molar-refractivity contribution >= 4 is 34.8 Å². The lowest BCUT2D eigenvalue weighted by Gasteiger charge is -2.17. The molecule has 0 spiro atoms. The van der Waals surface area contributed by atoms with Crippen LogP contribution in [-0.2, 0) is 17.6 Å². The standard InChI is InChI=1S/C14H21N3OS.ClH/c1-3-10-17(13(18)8-9-15-2)14-16-11-6-4-5-7-12(11)19-14;/h3,15H,1,4-10H2,2H3;1H. The molecule has 0 unspecified atom stereocenters. The van der Waals surface area contributed by atoms with Crippen molar-refractivity contribution in [3.8, 4) is 0 Å². The summed E-state index contributed by atoms with van der Waals surface area (Å²) in [5, 5.41) is 3.85. The number of carbonyl (C=O) groups is 1. The molecule has 1 aromatic heterocycles. The zero-order chi connectivity index (χ0) is 13.7. The Morgan fingerprint density at radius 1 is 1.50 bits per heavy atom. The molecule has 0 saturated heterocycles. The Hall–Kier alpha value is -0.910. The summed E-state index contributed by atoms with van der Waals surface area (Å²) in [5.41, 5.74) is 1.20. The topological polar surface area (TPSA) is 45.2 Å². The third kappa shape index (κ3) is 4.04. The van der Waals surface area contributed by atoms with E-state index in [-0.39, 0.29) is 18.3 Å². The number of halogens is 1. The van der Waals surface area contributed by atoms with E-state index in [0.717, 1.165) is 18.0 Å². The van der Waals surface area contributed by atoms with E-state index in [1.807, 2.05) is 7.05 Å². The number of amides is 1. The van der Waals surface area contributed by atoms with Crippen LogP contribution in [0.1, 0.15) is 29.8 Å². The van der Waals surface area contributed by atoms with E-state index in [1.165, 1.54) is 23.4 Å². The maximum atomic E-state index is 12.2. The quantitative estimate of drug-likeness (QED) is 0.821. The number of carbonyl (C=O) groups excluding carboxylic acids is 1. The third-order valence-corrected chi connectivity index (χ3v) is 4.45. The van der Waals surface area contributed by atoms with Crippen LogP contribution in [0.3, 0.4) is 0 Å². The molecular formula is C14H22ClN3OS. The highest BCUT2D eigenvalue weighted by atomic mass is 35.5. The average Bonchev–Trinajstić information content (AvgIpc) is 2.85. The molecule has 0 saturated carbocycles. The van der Waals surface area contributed by atoms with Gasteiger partial charge in [0.2, 0.25) is 5.91 Å². The number of hydrogen-bond acceptors (Lipinski definition) is 4. The van der Waals surface area contributed by atoms with E-state index in [2.05, 4.69) is 16.9 Å². The summed E-state index contributed by atoms with van der Waals surface area (Å²) in [5.74, 6) is 0.111. The van der Waals surface area contributed by atoms with Crippen LogP contribution >= 0.6 is 23.7 Å².